The standard InChI is InChI=1S/2Ca.4H2O.4H/h;;4*1H2;;;;/q2*+2;;;;;4*-1. The smallest absolute Gasteiger partial charge is 1.00 e. The van der Waals surface area contributed by atoms with Crippen molar-refractivity contribution in [1.82, 2.24) is 0 Å². The molecule has 6 heteroatoms. The molecule has 0 aliphatic carbocycles. The van der Waals surface area contributed by atoms with Crippen LogP contribution in [-0.2, 0) is 0 Å². The van der Waals surface area contributed by atoms with Crippen molar-refractivity contribution < 1.29 is 27.6 Å². The minimum absolute atomic E-state index is 0. The Balaban J connectivity index is 0. The van der Waals surface area contributed by atoms with Crippen molar-refractivity contribution in [3.05, 3.63) is 0 Å². The van der Waals surface area contributed by atoms with Crippen molar-refractivity contribution in [1.29, 1.82) is 0 Å². The molecule has 4 nitrogen and oxygen atoms in total. The van der Waals surface area contributed by atoms with Crippen molar-refractivity contribution in [3.8, 4) is 0 Å². The molecule has 0 aromatic rings. The molecule has 0 atom stereocenters. The van der Waals surface area contributed by atoms with Gasteiger partial charge in [-0.1, -0.05) is 0 Å². The van der Waals surface area contributed by atoms with Crippen molar-refractivity contribution in [2.75, 3.05) is 0 Å². The van der Waals surface area contributed by atoms with Gasteiger partial charge >= 0.3 is 75.5 Å². The monoisotopic (exact) mass is 156 g/mol. The van der Waals surface area contributed by atoms with E-state index in [4.69, 9.17) is 0 Å². The molecule has 0 saturated carbocycles. The van der Waals surface area contributed by atoms with Crippen molar-refractivity contribution in [3.63, 3.8) is 0 Å². The summed E-state index contributed by atoms with van der Waals surface area (Å²) in [5, 5.41) is 0. The molecule has 0 spiro atoms. The Morgan fingerprint density at radius 3 is 0.500 bits per heavy atom. The molecule has 0 aromatic carbocycles. The van der Waals surface area contributed by atoms with Gasteiger partial charge in [0, 0.05) is 0 Å². The molecule has 0 amide bonds. The van der Waals surface area contributed by atoms with E-state index in [1.807, 2.05) is 0 Å². The topological polar surface area (TPSA) is 126 Å². The first-order valence-corrected chi connectivity index (χ1v) is 0. The molecule has 0 fully saturated rings. The number of rotatable bonds is 0. The quantitative estimate of drug-likeness (QED) is 0.321. The van der Waals surface area contributed by atoms with Crippen LogP contribution in [0.3, 0.4) is 0 Å². The Bertz CT molecular complexity index is 15.2. The van der Waals surface area contributed by atoms with Gasteiger partial charge in [-0.2, -0.15) is 0 Å². The van der Waals surface area contributed by atoms with E-state index in [0.717, 1.165) is 0 Å². The molecule has 0 bridgehead atoms. The van der Waals surface area contributed by atoms with E-state index in [-0.39, 0.29) is 103 Å². The normalized spacial score (nSPS) is 0. The summed E-state index contributed by atoms with van der Waals surface area (Å²) >= 11 is 0. The molecule has 40 valence electrons. The average Bonchev–Trinajstić information content (AvgIpc) is 0. The van der Waals surface area contributed by atoms with Crippen LogP contribution >= 0.6 is 0 Å². The fourth-order valence-corrected chi connectivity index (χ4v) is 0. The predicted molar refractivity (Wildman–Crippen MR) is 30.4 cm³/mol. The summed E-state index contributed by atoms with van der Waals surface area (Å²) < 4.78 is 0. The summed E-state index contributed by atoms with van der Waals surface area (Å²) in [4.78, 5) is 0. The second-order valence-corrected chi connectivity index (χ2v) is 0. The molecule has 0 saturated heterocycles. The van der Waals surface area contributed by atoms with E-state index in [0.29, 0.717) is 0 Å². The van der Waals surface area contributed by atoms with E-state index in [2.05, 4.69) is 0 Å². The largest absolute Gasteiger partial charge is 2.00 e. The van der Waals surface area contributed by atoms with E-state index in [1.165, 1.54) is 0 Å². The van der Waals surface area contributed by atoms with Crippen LogP contribution in [-0.4, -0.2) is 97.4 Å². The van der Waals surface area contributed by atoms with E-state index in [1.54, 1.807) is 0 Å². The van der Waals surface area contributed by atoms with Gasteiger partial charge in [-0.15, -0.1) is 0 Å². The van der Waals surface area contributed by atoms with Crippen molar-refractivity contribution in [2.45, 2.75) is 0 Å². The van der Waals surface area contributed by atoms with Crippen LogP contribution in [0.15, 0.2) is 0 Å². The summed E-state index contributed by atoms with van der Waals surface area (Å²) in [7, 11) is 0. The van der Waals surface area contributed by atoms with Gasteiger partial charge in [0.2, 0.25) is 0 Å². The Labute approximate surface area is 101 Å². The molecule has 0 aliphatic heterocycles. The first kappa shape index (κ1) is 81.3. The first-order valence-electron chi connectivity index (χ1n) is 0. The zero-order chi connectivity index (χ0) is 0. The number of hydrogen-bond donors (Lipinski definition) is 0. The number of hydrogen-bond acceptors (Lipinski definition) is 0. The molecule has 0 unspecified atom stereocenters. The fourth-order valence-electron chi connectivity index (χ4n) is 0. The van der Waals surface area contributed by atoms with Gasteiger partial charge < -0.3 is 27.6 Å². The second kappa shape index (κ2) is 53.5. The molecule has 6 heavy (non-hydrogen) atoms. The first-order chi connectivity index (χ1) is 0. The van der Waals surface area contributed by atoms with Crippen LogP contribution in [0.1, 0.15) is 5.71 Å². The van der Waals surface area contributed by atoms with Gasteiger partial charge in [-0.05, 0) is 0 Å². The van der Waals surface area contributed by atoms with Gasteiger partial charge in [0.05, 0.1) is 0 Å². The summed E-state index contributed by atoms with van der Waals surface area (Å²) in [5.41, 5.74) is 0. The Morgan fingerprint density at radius 2 is 0.500 bits per heavy atom. The zero-order valence-electron chi connectivity index (χ0n) is 7.41. The van der Waals surface area contributed by atoms with E-state index in [9.17, 15) is 0 Å². The van der Waals surface area contributed by atoms with Gasteiger partial charge in [0.25, 0.3) is 0 Å². The molecular weight excluding hydrogens is 144 g/mol. The Kier molecular flexibility index (Phi) is 725. The third-order valence-corrected chi connectivity index (χ3v) is 0. The average molecular weight is 156 g/mol. The maximum atomic E-state index is 0. The van der Waals surface area contributed by atoms with Crippen LogP contribution in [0.25, 0.3) is 0 Å². The maximum Gasteiger partial charge on any atom is 2.00 e. The SMILES string of the molecule is O.O.O.O.[Ca+2].[Ca+2].[H-].[H-].[H-].[H-]. The van der Waals surface area contributed by atoms with E-state index < -0.39 is 0 Å². The minimum Gasteiger partial charge on any atom is -1.00 e. The summed E-state index contributed by atoms with van der Waals surface area (Å²) in [5.74, 6) is 0. The molecule has 0 heterocycles. The van der Waals surface area contributed by atoms with E-state index >= 15 is 0 Å². The Morgan fingerprint density at radius 1 is 0.500 bits per heavy atom. The third-order valence-electron chi connectivity index (χ3n) is 0. The molecule has 8 N–H and O–H groups in total. The van der Waals surface area contributed by atoms with Crippen molar-refractivity contribution in [2.24, 2.45) is 0 Å². The van der Waals surface area contributed by atoms with Crippen LogP contribution < -0.4 is 0 Å². The Hall–Kier alpha value is 2.36. The molecular formula is H12Ca2O4. The molecule has 0 radical (unpaired) electrons. The maximum absolute atomic E-state index is 0. The van der Waals surface area contributed by atoms with Gasteiger partial charge in [-0.3, -0.25) is 0 Å². The summed E-state index contributed by atoms with van der Waals surface area (Å²) in [6.45, 7) is 0. The van der Waals surface area contributed by atoms with Crippen LogP contribution in [0, 0.1) is 0 Å². The van der Waals surface area contributed by atoms with Gasteiger partial charge in [0.15, 0.2) is 0 Å². The van der Waals surface area contributed by atoms with Crippen LogP contribution in [0.2, 0.25) is 0 Å². The second-order valence-electron chi connectivity index (χ2n) is 0. The summed E-state index contributed by atoms with van der Waals surface area (Å²) in [6, 6.07) is 0. The van der Waals surface area contributed by atoms with Crippen LogP contribution in [0.5, 0.6) is 0 Å². The molecule has 0 aromatic heterocycles. The fraction of sp³-hybridized carbons (Fsp3) is 0. The zero-order valence-corrected chi connectivity index (χ0v) is 7.83. The molecule has 0 rings (SSSR count). The minimum atomic E-state index is 0. The van der Waals surface area contributed by atoms with Gasteiger partial charge in [-0.25, -0.2) is 0 Å². The third kappa shape index (κ3) is 32.8. The molecule has 0 aliphatic rings. The van der Waals surface area contributed by atoms with Gasteiger partial charge in [0.1, 0.15) is 0 Å². The van der Waals surface area contributed by atoms with Crippen molar-refractivity contribution >= 4 is 75.5 Å². The summed E-state index contributed by atoms with van der Waals surface area (Å²) in [6.07, 6.45) is 0. The predicted octanol–water partition coefficient (Wildman–Crippen LogP) is -3.61. The van der Waals surface area contributed by atoms with Crippen LogP contribution in [0.4, 0.5) is 0 Å².